The van der Waals surface area contributed by atoms with Crippen molar-refractivity contribution in [3.8, 4) is 5.69 Å². The zero-order valence-electron chi connectivity index (χ0n) is 19.7. The summed E-state index contributed by atoms with van der Waals surface area (Å²) in [6.07, 6.45) is 7.64. The summed E-state index contributed by atoms with van der Waals surface area (Å²) in [5, 5.41) is 6.55. The minimum absolute atomic E-state index is 0.354. The van der Waals surface area contributed by atoms with Gasteiger partial charge in [-0.1, -0.05) is 42.5 Å². The second-order valence-corrected chi connectivity index (χ2v) is 9.38. The molecule has 9 heteroatoms. The van der Waals surface area contributed by atoms with Gasteiger partial charge in [0.2, 0.25) is 0 Å². The van der Waals surface area contributed by atoms with Gasteiger partial charge >= 0.3 is 12.0 Å². The van der Waals surface area contributed by atoms with E-state index in [2.05, 4.69) is 22.6 Å². The minimum atomic E-state index is -0.440. The molecule has 1 aliphatic rings. The van der Waals surface area contributed by atoms with Gasteiger partial charge in [0.05, 0.1) is 28.5 Å². The normalized spacial score (nSPS) is 13.8. The van der Waals surface area contributed by atoms with Crippen molar-refractivity contribution in [2.24, 2.45) is 0 Å². The van der Waals surface area contributed by atoms with Gasteiger partial charge in [-0.15, -0.1) is 0 Å². The van der Waals surface area contributed by atoms with Gasteiger partial charge < -0.3 is 24.8 Å². The number of aromatic nitrogens is 1. The van der Waals surface area contributed by atoms with Crippen LogP contribution >= 0.6 is 23.2 Å². The number of carbonyl (C=O) groups is 2. The average molecular weight is 515 g/mol. The van der Waals surface area contributed by atoms with E-state index in [0.717, 1.165) is 24.2 Å². The van der Waals surface area contributed by atoms with Crippen LogP contribution in [-0.2, 0) is 4.74 Å². The maximum atomic E-state index is 13.0. The monoisotopic (exact) mass is 514 g/mol. The van der Waals surface area contributed by atoms with Crippen LogP contribution in [0, 0.1) is 0 Å². The molecule has 0 bridgehead atoms. The zero-order chi connectivity index (χ0) is 24.9. The molecular formula is C26H28Cl2N4O3. The van der Waals surface area contributed by atoms with Gasteiger partial charge in [-0.2, -0.15) is 0 Å². The lowest BCUT2D eigenvalue weighted by molar-refractivity contribution is 0.0591. The van der Waals surface area contributed by atoms with Crippen LogP contribution in [0.2, 0.25) is 10.0 Å². The van der Waals surface area contributed by atoms with Gasteiger partial charge in [0, 0.05) is 30.7 Å². The highest BCUT2D eigenvalue weighted by Crippen LogP contribution is 2.34. The van der Waals surface area contributed by atoms with Gasteiger partial charge in [-0.05, 0) is 61.4 Å². The van der Waals surface area contributed by atoms with Crippen molar-refractivity contribution in [3.63, 3.8) is 0 Å². The number of hydrogen-bond donors (Lipinski definition) is 2. The van der Waals surface area contributed by atoms with E-state index < -0.39 is 12.0 Å². The molecule has 2 N–H and O–H groups in total. The summed E-state index contributed by atoms with van der Waals surface area (Å²) in [5.74, 6) is -0.440. The number of esters is 1. The Morgan fingerprint density at radius 1 is 1.00 bits per heavy atom. The molecule has 35 heavy (non-hydrogen) atoms. The Morgan fingerprint density at radius 2 is 1.77 bits per heavy atom. The number of nitrogens with zero attached hydrogens (tertiary/aromatic N) is 2. The number of rotatable bonds is 6. The number of amides is 2. The van der Waals surface area contributed by atoms with E-state index in [1.807, 2.05) is 18.2 Å². The molecule has 0 saturated heterocycles. The van der Waals surface area contributed by atoms with E-state index in [-0.39, 0.29) is 0 Å². The number of carbonyl (C=O) groups excluding carboxylic acids is 2. The van der Waals surface area contributed by atoms with Gasteiger partial charge in [-0.25, -0.2) is 9.59 Å². The lowest BCUT2D eigenvalue weighted by Crippen LogP contribution is -2.34. The Balaban J connectivity index is 1.66. The molecule has 0 atom stereocenters. The topological polar surface area (TPSA) is 75.6 Å². The molecule has 1 aliphatic carbocycles. The van der Waals surface area contributed by atoms with Crippen LogP contribution in [0.25, 0.3) is 5.69 Å². The van der Waals surface area contributed by atoms with Crippen molar-refractivity contribution >= 4 is 52.3 Å². The fraction of sp³-hybridized carbons (Fsp3) is 0.308. The molecule has 3 aromatic rings. The van der Waals surface area contributed by atoms with Crippen molar-refractivity contribution in [2.75, 3.05) is 29.7 Å². The van der Waals surface area contributed by atoms with Crippen LogP contribution in [-0.4, -0.2) is 36.8 Å². The Morgan fingerprint density at radius 3 is 2.49 bits per heavy atom. The number of benzene rings is 2. The van der Waals surface area contributed by atoms with Crippen LogP contribution in [0.4, 0.5) is 21.9 Å². The van der Waals surface area contributed by atoms with E-state index in [1.165, 1.54) is 26.4 Å². The predicted octanol–water partition coefficient (Wildman–Crippen LogP) is 6.98. The van der Waals surface area contributed by atoms with Crippen molar-refractivity contribution < 1.29 is 14.3 Å². The van der Waals surface area contributed by atoms with Crippen LogP contribution < -0.4 is 15.5 Å². The number of ether oxygens (including phenoxy) is 1. The third-order valence-electron chi connectivity index (χ3n) is 6.33. The van der Waals surface area contributed by atoms with Gasteiger partial charge in [0.15, 0.2) is 0 Å². The molecule has 0 spiro atoms. The molecular weight excluding hydrogens is 487 g/mol. The molecule has 4 rings (SSSR count). The lowest BCUT2D eigenvalue weighted by Gasteiger charge is -2.34. The largest absolute Gasteiger partial charge is 0.464 e. The molecule has 1 fully saturated rings. The second kappa shape index (κ2) is 11.1. The Bertz CT molecular complexity index is 1220. The summed E-state index contributed by atoms with van der Waals surface area (Å²) < 4.78 is 6.64. The number of anilines is 3. The minimum Gasteiger partial charge on any atom is -0.464 e. The predicted molar refractivity (Wildman–Crippen MR) is 141 cm³/mol. The lowest BCUT2D eigenvalue weighted by atomic mass is 9.94. The van der Waals surface area contributed by atoms with Crippen LogP contribution in [0.5, 0.6) is 0 Å². The number of nitrogens with one attached hydrogen (secondary N) is 2. The van der Waals surface area contributed by atoms with Crippen molar-refractivity contribution in [1.29, 1.82) is 0 Å². The van der Waals surface area contributed by atoms with Crippen LogP contribution in [0.15, 0.2) is 54.7 Å². The third-order valence-corrected chi connectivity index (χ3v) is 7.07. The summed E-state index contributed by atoms with van der Waals surface area (Å²) >= 11 is 12.1. The first-order valence-electron chi connectivity index (χ1n) is 11.5. The molecule has 0 unspecified atom stereocenters. The number of hydrogen-bond acceptors (Lipinski definition) is 4. The highest BCUT2D eigenvalue weighted by molar-refractivity contribution is 6.42. The molecule has 184 valence electrons. The van der Waals surface area contributed by atoms with Gasteiger partial charge in [0.25, 0.3) is 0 Å². The molecule has 1 heterocycles. The first-order valence-corrected chi connectivity index (χ1v) is 12.3. The first kappa shape index (κ1) is 24.9. The Labute approximate surface area is 215 Å². The fourth-order valence-corrected chi connectivity index (χ4v) is 4.78. The van der Waals surface area contributed by atoms with Crippen LogP contribution in [0.1, 0.15) is 42.6 Å². The van der Waals surface area contributed by atoms with Crippen molar-refractivity contribution in [1.82, 2.24) is 4.57 Å². The number of halogens is 2. The number of urea groups is 1. The summed E-state index contributed by atoms with van der Waals surface area (Å²) in [5.41, 5.74) is 3.16. The summed E-state index contributed by atoms with van der Waals surface area (Å²) in [6, 6.07) is 14.1. The summed E-state index contributed by atoms with van der Waals surface area (Å²) in [4.78, 5) is 27.4. The second-order valence-electron chi connectivity index (χ2n) is 8.57. The van der Waals surface area contributed by atoms with E-state index in [0.29, 0.717) is 33.2 Å². The highest BCUT2D eigenvalue weighted by Gasteiger charge is 2.22. The van der Waals surface area contributed by atoms with E-state index in [4.69, 9.17) is 27.9 Å². The SMILES string of the molecule is COC(=O)c1cccn1-c1ccc(N(C)C2CCCCC2)c(NC(=O)Nc2ccc(Cl)c(Cl)c2)c1. The fourth-order valence-electron chi connectivity index (χ4n) is 4.48. The highest BCUT2D eigenvalue weighted by atomic mass is 35.5. The molecule has 1 saturated carbocycles. The summed E-state index contributed by atoms with van der Waals surface area (Å²) in [6.45, 7) is 0. The molecule has 7 nitrogen and oxygen atoms in total. The smallest absolute Gasteiger partial charge is 0.355 e. The summed E-state index contributed by atoms with van der Waals surface area (Å²) in [7, 11) is 3.41. The van der Waals surface area contributed by atoms with Crippen molar-refractivity contribution in [2.45, 2.75) is 38.1 Å². The Kier molecular flexibility index (Phi) is 7.88. The van der Waals surface area contributed by atoms with E-state index in [1.54, 1.807) is 41.1 Å². The third kappa shape index (κ3) is 5.74. The van der Waals surface area contributed by atoms with Gasteiger partial charge in [0.1, 0.15) is 5.69 Å². The maximum Gasteiger partial charge on any atom is 0.355 e. The molecule has 0 radical (unpaired) electrons. The standard InChI is InChI=1S/C26H28Cl2N4O3/c1-31(18-7-4-3-5-8-18)23-13-11-19(32-14-6-9-24(32)25(33)35-2)16-22(23)30-26(34)29-17-10-12-20(27)21(28)15-17/h6,9-16,18H,3-5,7-8H2,1-2H3,(H2,29,30,34). The Hall–Kier alpha value is -3.16. The molecule has 1 aromatic heterocycles. The maximum absolute atomic E-state index is 13.0. The van der Waals surface area contributed by atoms with E-state index in [9.17, 15) is 9.59 Å². The first-order chi connectivity index (χ1) is 16.9. The van der Waals surface area contributed by atoms with E-state index >= 15 is 0 Å². The van der Waals surface area contributed by atoms with Gasteiger partial charge in [-0.3, -0.25) is 0 Å². The molecule has 2 amide bonds. The molecule has 0 aliphatic heterocycles. The quantitative estimate of drug-likeness (QED) is 0.347. The number of methoxy groups -OCH3 is 1. The molecule has 2 aromatic carbocycles. The van der Waals surface area contributed by atoms with Crippen molar-refractivity contribution in [3.05, 3.63) is 70.5 Å². The van der Waals surface area contributed by atoms with Crippen LogP contribution in [0.3, 0.4) is 0 Å². The zero-order valence-corrected chi connectivity index (χ0v) is 21.2. The average Bonchev–Trinajstić information content (AvgIpc) is 3.36.